The number of hydrogen-bond donors (Lipinski definition) is 0. The molecule has 3 aliphatic rings. The molecule has 1 amide bonds. The predicted molar refractivity (Wildman–Crippen MR) is 115 cm³/mol. The van der Waals surface area contributed by atoms with Crippen LogP contribution in [0.25, 0.3) is 10.2 Å². The molecule has 6 nitrogen and oxygen atoms in total. The number of fused-ring (bicyclic) bond motifs is 1. The zero-order chi connectivity index (χ0) is 20.0. The molecule has 2 aromatic rings. The lowest BCUT2D eigenvalue weighted by atomic mass is 9.98. The van der Waals surface area contributed by atoms with Crippen LogP contribution in [0.5, 0.6) is 0 Å². The van der Waals surface area contributed by atoms with Gasteiger partial charge in [-0.1, -0.05) is 12.1 Å². The summed E-state index contributed by atoms with van der Waals surface area (Å²) in [6, 6.07) is 8.38. The predicted octanol–water partition coefficient (Wildman–Crippen LogP) is 2.65. The second kappa shape index (κ2) is 7.63. The number of benzene rings is 1. The summed E-state index contributed by atoms with van der Waals surface area (Å²) in [5.74, 6) is 0.843. The molecule has 2 atom stereocenters. The number of piperidine rings is 1. The van der Waals surface area contributed by atoms with E-state index in [2.05, 4.69) is 17.0 Å². The molecular formula is C21H27N3O3S2. The number of carbonyl (C=O) groups is 1. The monoisotopic (exact) mass is 433 g/mol. The average Bonchev–Trinajstić information content (AvgIpc) is 3.31. The van der Waals surface area contributed by atoms with E-state index in [9.17, 15) is 13.2 Å². The Kier molecular flexibility index (Phi) is 5.12. The highest BCUT2D eigenvalue weighted by molar-refractivity contribution is 7.91. The van der Waals surface area contributed by atoms with Crippen molar-refractivity contribution in [3.05, 3.63) is 29.3 Å². The van der Waals surface area contributed by atoms with E-state index < -0.39 is 9.84 Å². The summed E-state index contributed by atoms with van der Waals surface area (Å²) < 4.78 is 25.1. The molecule has 0 bridgehead atoms. The van der Waals surface area contributed by atoms with Gasteiger partial charge in [-0.05, 0) is 50.8 Å². The van der Waals surface area contributed by atoms with Crippen LogP contribution in [0.3, 0.4) is 0 Å². The number of carbonyl (C=O) groups excluding carboxylic acids is 1. The summed E-state index contributed by atoms with van der Waals surface area (Å²) in [6.07, 6.45) is 4.79. The van der Waals surface area contributed by atoms with Crippen LogP contribution in [-0.2, 0) is 14.6 Å². The fourth-order valence-electron chi connectivity index (χ4n) is 4.79. The van der Waals surface area contributed by atoms with Gasteiger partial charge >= 0.3 is 0 Å². The van der Waals surface area contributed by atoms with Crippen molar-refractivity contribution in [1.82, 2.24) is 14.8 Å². The molecule has 3 fully saturated rings. The van der Waals surface area contributed by atoms with Crippen molar-refractivity contribution in [2.75, 3.05) is 31.1 Å². The standard InChI is InChI=1S/C21H27N3O3S2/c25-20(24(16-7-8-16)17-9-11-29(26,27)14-17)13-23-10-3-4-15(12-23)21-22-18-5-1-2-6-19(18)28-21/h1-2,5-6,15-17H,3-4,7-14H2. The third-order valence-corrected chi connectivity index (χ3v) is 9.30. The molecule has 0 N–H and O–H groups in total. The lowest BCUT2D eigenvalue weighted by Gasteiger charge is -2.35. The second-order valence-corrected chi connectivity index (χ2v) is 12.0. The van der Waals surface area contributed by atoms with Gasteiger partial charge in [0.2, 0.25) is 5.91 Å². The van der Waals surface area contributed by atoms with E-state index in [0.29, 0.717) is 18.9 Å². The highest BCUT2D eigenvalue weighted by Gasteiger charge is 2.42. The van der Waals surface area contributed by atoms with Gasteiger partial charge in [-0.2, -0.15) is 0 Å². The first kappa shape index (κ1) is 19.5. The zero-order valence-corrected chi connectivity index (χ0v) is 18.1. The maximum Gasteiger partial charge on any atom is 0.237 e. The van der Waals surface area contributed by atoms with Crippen LogP contribution in [0.1, 0.15) is 43.0 Å². The topological polar surface area (TPSA) is 70.6 Å². The van der Waals surface area contributed by atoms with Gasteiger partial charge in [-0.25, -0.2) is 13.4 Å². The lowest BCUT2D eigenvalue weighted by Crippen LogP contribution is -2.49. The van der Waals surface area contributed by atoms with Crippen LogP contribution < -0.4 is 0 Å². The molecule has 2 aliphatic heterocycles. The van der Waals surface area contributed by atoms with Gasteiger partial charge in [-0.15, -0.1) is 11.3 Å². The Morgan fingerprint density at radius 1 is 1.17 bits per heavy atom. The summed E-state index contributed by atoms with van der Waals surface area (Å²) in [4.78, 5) is 22.2. The summed E-state index contributed by atoms with van der Waals surface area (Å²) in [5.41, 5.74) is 1.06. The minimum atomic E-state index is -2.98. The molecule has 2 unspecified atom stereocenters. The second-order valence-electron chi connectivity index (χ2n) is 8.68. The Morgan fingerprint density at radius 3 is 2.72 bits per heavy atom. The lowest BCUT2D eigenvalue weighted by molar-refractivity contribution is -0.135. The van der Waals surface area contributed by atoms with Gasteiger partial charge in [0.05, 0.1) is 33.3 Å². The van der Waals surface area contributed by atoms with Crippen molar-refractivity contribution in [2.45, 2.75) is 50.1 Å². The molecule has 8 heteroatoms. The average molecular weight is 434 g/mol. The number of likely N-dealkylation sites (tertiary alicyclic amines) is 1. The number of rotatable bonds is 5. The maximum atomic E-state index is 13.2. The number of amides is 1. The molecule has 0 spiro atoms. The molecule has 2 saturated heterocycles. The molecule has 0 radical (unpaired) electrons. The quantitative estimate of drug-likeness (QED) is 0.725. The largest absolute Gasteiger partial charge is 0.335 e. The highest BCUT2D eigenvalue weighted by Crippen LogP contribution is 2.35. The van der Waals surface area contributed by atoms with E-state index in [1.165, 1.54) is 9.71 Å². The number of nitrogens with zero attached hydrogens (tertiary/aromatic N) is 3. The van der Waals surface area contributed by atoms with Gasteiger partial charge in [-0.3, -0.25) is 9.69 Å². The van der Waals surface area contributed by atoms with Gasteiger partial charge in [0.15, 0.2) is 9.84 Å². The molecule has 156 valence electrons. The number of hydrogen-bond acceptors (Lipinski definition) is 6. The molecule has 1 aromatic heterocycles. The Hall–Kier alpha value is -1.51. The van der Waals surface area contributed by atoms with Gasteiger partial charge < -0.3 is 4.90 Å². The van der Waals surface area contributed by atoms with Crippen molar-refractivity contribution in [3.8, 4) is 0 Å². The van der Waals surface area contributed by atoms with E-state index in [-0.39, 0.29) is 29.5 Å². The van der Waals surface area contributed by atoms with Crippen LogP contribution in [0.15, 0.2) is 24.3 Å². The summed E-state index contributed by atoms with van der Waals surface area (Å²) in [7, 11) is -2.98. The highest BCUT2D eigenvalue weighted by atomic mass is 32.2. The van der Waals surface area contributed by atoms with Crippen LogP contribution >= 0.6 is 11.3 Å². The Balaban J connectivity index is 1.26. The molecule has 5 rings (SSSR count). The van der Waals surface area contributed by atoms with Crippen molar-refractivity contribution < 1.29 is 13.2 Å². The van der Waals surface area contributed by atoms with Gasteiger partial charge in [0, 0.05) is 24.5 Å². The van der Waals surface area contributed by atoms with E-state index in [1.807, 2.05) is 17.0 Å². The maximum absolute atomic E-state index is 13.2. The van der Waals surface area contributed by atoms with Gasteiger partial charge in [0.1, 0.15) is 0 Å². The number of sulfone groups is 1. The SMILES string of the molecule is O=C(CN1CCCC(c2nc3ccccc3s2)C1)N(C1CC1)C1CCS(=O)(=O)C1. The minimum Gasteiger partial charge on any atom is -0.335 e. The number of aromatic nitrogens is 1. The number of para-hydroxylation sites is 1. The van der Waals surface area contributed by atoms with E-state index in [4.69, 9.17) is 4.98 Å². The van der Waals surface area contributed by atoms with Crippen LogP contribution in [0, 0.1) is 0 Å². The van der Waals surface area contributed by atoms with Crippen molar-refractivity contribution in [1.29, 1.82) is 0 Å². The van der Waals surface area contributed by atoms with E-state index >= 15 is 0 Å². The Labute approximate surface area is 175 Å². The van der Waals surface area contributed by atoms with Crippen molar-refractivity contribution in [3.63, 3.8) is 0 Å². The minimum absolute atomic E-state index is 0.111. The molecule has 1 aliphatic carbocycles. The number of thiazole rings is 1. The van der Waals surface area contributed by atoms with Crippen molar-refractivity contribution in [2.24, 2.45) is 0 Å². The molecular weight excluding hydrogens is 406 g/mol. The summed E-state index contributed by atoms with van der Waals surface area (Å²) >= 11 is 1.77. The fourth-order valence-corrected chi connectivity index (χ4v) is 7.60. The molecule has 1 aromatic carbocycles. The first-order valence-electron chi connectivity index (χ1n) is 10.6. The third-order valence-electron chi connectivity index (χ3n) is 6.35. The molecule has 29 heavy (non-hydrogen) atoms. The zero-order valence-electron chi connectivity index (χ0n) is 16.5. The summed E-state index contributed by atoms with van der Waals surface area (Å²) in [6.45, 7) is 2.18. The van der Waals surface area contributed by atoms with Crippen LogP contribution in [-0.4, -0.2) is 72.3 Å². The van der Waals surface area contributed by atoms with Crippen LogP contribution in [0.2, 0.25) is 0 Å². The van der Waals surface area contributed by atoms with Gasteiger partial charge in [0.25, 0.3) is 0 Å². The molecule has 3 heterocycles. The normalized spacial score (nSPS) is 27.3. The fraction of sp³-hybridized carbons (Fsp3) is 0.619. The van der Waals surface area contributed by atoms with Crippen molar-refractivity contribution >= 4 is 37.3 Å². The van der Waals surface area contributed by atoms with Crippen LogP contribution in [0.4, 0.5) is 0 Å². The van der Waals surface area contributed by atoms with E-state index in [1.54, 1.807) is 11.3 Å². The Bertz CT molecular complexity index is 982. The smallest absolute Gasteiger partial charge is 0.237 e. The van der Waals surface area contributed by atoms with E-state index in [0.717, 1.165) is 44.3 Å². The molecule has 1 saturated carbocycles. The Morgan fingerprint density at radius 2 is 2.00 bits per heavy atom. The summed E-state index contributed by atoms with van der Waals surface area (Å²) in [5, 5.41) is 1.17. The third kappa shape index (κ3) is 4.20. The first-order valence-corrected chi connectivity index (χ1v) is 13.2. The first-order chi connectivity index (χ1) is 14.0.